The van der Waals surface area contributed by atoms with Gasteiger partial charge in [0.25, 0.3) is 5.91 Å². The zero-order valence-electron chi connectivity index (χ0n) is 20.9. The molecule has 0 N–H and O–H groups in total. The molecule has 1 aliphatic rings. The van der Waals surface area contributed by atoms with E-state index in [1.54, 1.807) is 0 Å². The molecule has 4 aromatic carbocycles. The highest BCUT2D eigenvalue weighted by atomic mass is 16.2. The van der Waals surface area contributed by atoms with Gasteiger partial charge in [-0.2, -0.15) is 0 Å². The summed E-state index contributed by atoms with van der Waals surface area (Å²) >= 11 is 0. The topological polar surface area (TPSA) is 37.4 Å². The second-order valence-electron chi connectivity index (χ2n) is 9.08. The van der Waals surface area contributed by atoms with Crippen LogP contribution in [-0.2, 0) is 4.79 Å². The quantitative estimate of drug-likeness (QED) is 0.193. The van der Waals surface area contributed by atoms with E-state index < -0.39 is 0 Å². The first kappa shape index (κ1) is 24.2. The van der Waals surface area contributed by atoms with Crippen LogP contribution in [0.15, 0.2) is 132 Å². The average Bonchev–Trinajstić information content (AvgIpc) is 3.25. The Balaban J connectivity index is 1.89. The molecule has 0 saturated heterocycles. The number of unbranched alkanes of at least 4 members (excludes halogenated alkanes) is 1. The lowest BCUT2D eigenvalue weighted by molar-refractivity contribution is -0.123. The number of hydrogen-bond donors (Lipinski definition) is 0. The number of amides is 1. The lowest BCUT2D eigenvalue weighted by atomic mass is 9.86. The molecule has 5 rings (SSSR count). The number of ketones is 1. The van der Waals surface area contributed by atoms with Gasteiger partial charge in [0.15, 0.2) is 5.78 Å². The van der Waals surface area contributed by atoms with E-state index >= 15 is 0 Å². The van der Waals surface area contributed by atoms with Crippen molar-refractivity contribution in [3.63, 3.8) is 0 Å². The average molecular weight is 484 g/mol. The normalized spacial score (nSPS) is 13.3. The molecular formula is C34H29NO2. The number of benzene rings is 4. The molecule has 0 bridgehead atoms. The van der Waals surface area contributed by atoms with Gasteiger partial charge < -0.3 is 4.90 Å². The van der Waals surface area contributed by atoms with Gasteiger partial charge in [-0.3, -0.25) is 9.59 Å². The number of rotatable bonds is 8. The Morgan fingerprint density at radius 3 is 1.59 bits per heavy atom. The van der Waals surface area contributed by atoms with Gasteiger partial charge in [0.05, 0.1) is 16.8 Å². The molecule has 0 unspecified atom stereocenters. The third-order valence-corrected chi connectivity index (χ3v) is 6.64. The Labute approximate surface area is 218 Å². The van der Waals surface area contributed by atoms with Crippen molar-refractivity contribution in [2.45, 2.75) is 19.8 Å². The Hall–Kier alpha value is -4.50. The second kappa shape index (κ2) is 11.0. The maximum atomic E-state index is 14.4. The van der Waals surface area contributed by atoms with Gasteiger partial charge in [-0.1, -0.05) is 135 Å². The van der Waals surface area contributed by atoms with Crippen molar-refractivity contribution in [3.8, 4) is 0 Å². The Morgan fingerprint density at radius 2 is 1.11 bits per heavy atom. The van der Waals surface area contributed by atoms with E-state index in [0.29, 0.717) is 29.0 Å². The molecule has 1 heterocycles. The summed E-state index contributed by atoms with van der Waals surface area (Å²) < 4.78 is 0. The van der Waals surface area contributed by atoms with Crippen LogP contribution in [0.5, 0.6) is 0 Å². The fourth-order valence-electron chi connectivity index (χ4n) is 4.87. The first-order valence-corrected chi connectivity index (χ1v) is 12.8. The summed E-state index contributed by atoms with van der Waals surface area (Å²) in [6, 6.07) is 38.9. The standard InChI is InChI=1S/C34H29NO2/c1-2-3-24-35-32(27-20-12-6-13-21-27)31(33(36)28-22-14-7-15-23-28)30(34(35)37)29(25-16-8-4-9-17-25)26-18-10-5-11-19-26/h4-23H,2-3,24H2,1H3. The molecule has 0 aliphatic carbocycles. The molecular weight excluding hydrogens is 454 g/mol. The van der Waals surface area contributed by atoms with Crippen LogP contribution in [0.2, 0.25) is 0 Å². The van der Waals surface area contributed by atoms with Crippen molar-refractivity contribution in [2.24, 2.45) is 0 Å². The summed E-state index contributed by atoms with van der Waals surface area (Å²) in [5.74, 6) is -0.277. The van der Waals surface area contributed by atoms with Gasteiger partial charge in [-0.15, -0.1) is 0 Å². The van der Waals surface area contributed by atoms with Crippen LogP contribution in [0.1, 0.15) is 46.8 Å². The summed E-state index contributed by atoms with van der Waals surface area (Å²) in [6.07, 6.45) is 1.78. The highest BCUT2D eigenvalue weighted by molar-refractivity contribution is 6.30. The van der Waals surface area contributed by atoms with E-state index in [1.807, 2.05) is 126 Å². The predicted molar refractivity (Wildman–Crippen MR) is 150 cm³/mol. The molecule has 0 aromatic heterocycles. The first-order valence-electron chi connectivity index (χ1n) is 12.8. The number of nitrogens with zero attached hydrogens (tertiary/aromatic N) is 1. The molecule has 0 spiro atoms. The van der Waals surface area contributed by atoms with E-state index in [4.69, 9.17) is 0 Å². The van der Waals surface area contributed by atoms with Crippen molar-refractivity contribution in [1.82, 2.24) is 4.90 Å². The van der Waals surface area contributed by atoms with Crippen molar-refractivity contribution < 1.29 is 9.59 Å². The van der Waals surface area contributed by atoms with Crippen molar-refractivity contribution in [3.05, 3.63) is 155 Å². The lowest BCUT2D eigenvalue weighted by Crippen LogP contribution is -2.27. The molecule has 37 heavy (non-hydrogen) atoms. The van der Waals surface area contributed by atoms with Crippen LogP contribution >= 0.6 is 0 Å². The molecule has 0 atom stereocenters. The smallest absolute Gasteiger partial charge is 0.259 e. The minimum Gasteiger partial charge on any atom is -0.307 e. The largest absolute Gasteiger partial charge is 0.307 e. The van der Waals surface area contributed by atoms with Crippen LogP contribution in [-0.4, -0.2) is 23.1 Å². The van der Waals surface area contributed by atoms with Gasteiger partial charge in [0, 0.05) is 17.7 Å². The molecule has 1 amide bonds. The SMILES string of the molecule is CCCCN1C(=O)C(=C(c2ccccc2)c2ccccc2)C(C(=O)c2ccccc2)=C1c1ccccc1. The van der Waals surface area contributed by atoms with Gasteiger partial charge in [0.1, 0.15) is 0 Å². The molecule has 0 saturated carbocycles. The zero-order chi connectivity index (χ0) is 25.6. The first-order chi connectivity index (χ1) is 18.2. The zero-order valence-corrected chi connectivity index (χ0v) is 20.9. The Bertz CT molecular complexity index is 1410. The van der Waals surface area contributed by atoms with E-state index in [0.717, 1.165) is 35.1 Å². The van der Waals surface area contributed by atoms with Gasteiger partial charge in [-0.25, -0.2) is 0 Å². The molecule has 3 nitrogen and oxygen atoms in total. The van der Waals surface area contributed by atoms with Crippen LogP contribution in [0.4, 0.5) is 0 Å². The second-order valence-corrected chi connectivity index (χ2v) is 9.08. The Morgan fingerprint density at radius 1 is 0.649 bits per heavy atom. The maximum Gasteiger partial charge on any atom is 0.259 e. The molecule has 3 heteroatoms. The van der Waals surface area contributed by atoms with Gasteiger partial charge in [-0.05, 0) is 23.1 Å². The molecule has 4 aromatic rings. The highest BCUT2D eigenvalue weighted by Gasteiger charge is 2.41. The molecule has 0 radical (unpaired) electrons. The van der Waals surface area contributed by atoms with Crippen molar-refractivity contribution >= 4 is 23.0 Å². The van der Waals surface area contributed by atoms with E-state index in [-0.39, 0.29) is 11.7 Å². The highest BCUT2D eigenvalue weighted by Crippen LogP contribution is 2.43. The van der Waals surface area contributed by atoms with Crippen LogP contribution in [0.25, 0.3) is 11.3 Å². The molecule has 182 valence electrons. The number of carbonyl (C=O) groups is 2. The fraction of sp³-hybridized carbons (Fsp3) is 0.118. The van der Waals surface area contributed by atoms with Crippen LogP contribution in [0.3, 0.4) is 0 Å². The third-order valence-electron chi connectivity index (χ3n) is 6.64. The number of Topliss-reactive ketones (excluding diaryl/α,β-unsaturated/α-hetero) is 1. The number of carbonyl (C=O) groups excluding carboxylic acids is 2. The predicted octanol–water partition coefficient (Wildman–Crippen LogP) is 7.43. The maximum absolute atomic E-state index is 14.4. The lowest BCUT2D eigenvalue weighted by Gasteiger charge is -2.21. The summed E-state index contributed by atoms with van der Waals surface area (Å²) in [7, 11) is 0. The third kappa shape index (κ3) is 4.81. The van der Waals surface area contributed by atoms with E-state index in [2.05, 4.69) is 6.92 Å². The Kier molecular flexibility index (Phi) is 7.23. The van der Waals surface area contributed by atoms with E-state index in [9.17, 15) is 9.59 Å². The summed E-state index contributed by atoms with van der Waals surface area (Å²) in [6.45, 7) is 2.66. The molecule has 1 aliphatic heterocycles. The summed E-state index contributed by atoms with van der Waals surface area (Å²) in [4.78, 5) is 30.5. The number of hydrogen-bond acceptors (Lipinski definition) is 2. The molecule has 0 fully saturated rings. The summed E-state index contributed by atoms with van der Waals surface area (Å²) in [5, 5.41) is 0. The van der Waals surface area contributed by atoms with Crippen LogP contribution < -0.4 is 0 Å². The minimum atomic E-state index is -0.147. The summed E-state index contributed by atoms with van der Waals surface area (Å²) in [5.41, 5.74) is 5.61. The van der Waals surface area contributed by atoms with Crippen LogP contribution in [0, 0.1) is 0 Å². The minimum absolute atomic E-state index is 0.130. The van der Waals surface area contributed by atoms with Gasteiger partial charge in [0.2, 0.25) is 0 Å². The van der Waals surface area contributed by atoms with E-state index in [1.165, 1.54) is 0 Å². The van der Waals surface area contributed by atoms with Gasteiger partial charge >= 0.3 is 0 Å². The van der Waals surface area contributed by atoms with Crippen molar-refractivity contribution in [2.75, 3.05) is 6.54 Å². The van der Waals surface area contributed by atoms with Crippen molar-refractivity contribution in [1.29, 1.82) is 0 Å². The fourth-order valence-corrected chi connectivity index (χ4v) is 4.87. The monoisotopic (exact) mass is 483 g/mol.